The first-order chi connectivity index (χ1) is 7.34. The van der Waals surface area contributed by atoms with Crippen LogP contribution in [-0.4, -0.2) is 17.4 Å². The molecule has 0 radical (unpaired) electrons. The van der Waals surface area contributed by atoms with Crippen molar-refractivity contribution in [1.82, 2.24) is 4.98 Å². The summed E-state index contributed by atoms with van der Waals surface area (Å²) in [5.74, 6) is -0.424. The summed E-state index contributed by atoms with van der Waals surface area (Å²) in [7, 11) is 0. The van der Waals surface area contributed by atoms with Crippen molar-refractivity contribution in [3.05, 3.63) is 23.5 Å². The SMILES string of the molecule is CC(C)Oc1cc(C=O)cnc1C(F)(F)F. The van der Waals surface area contributed by atoms with E-state index in [0.717, 1.165) is 12.3 Å². The molecule has 0 aliphatic rings. The third-order valence-corrected chi connectivity index (χ3v) is 1.64. The van der Waals surface area contributed by atoms with Crippen molar-refractivity contribution in [2.45, 2.75) is 26.1 Å². The summed E-state index contributed by atoms with van der Waals surface area (Å²) in [4.78, 5) is 13.6. The summed E-state index contributed by atoms with van der Waals surface area (Å²) in [5, 5.41) is 0. The highest BCUT2D eigenvalue weighted by molar-refractivity contribution is 5.75. The Bertz CT molecular complexity index is 388. The molecular weight excluding hydrogens is 223 g/mol. The summed E-state index contributed by atoms with van der Waals surface area (Å²) in [6.45, 7) is 3.18. The summed E-state index contributed by atoms with van der Waals surface area (Å²) < 4.78 is 42.5. The van der Waals surface area contributed by atoms with Crippen LogP contribution in [0.5, 0.6) is 5.75 Å². The number of aromatic nitrogens is 1. The standard InChI is InChI=1S/C10H10F3NO2/c1-6(2)16-8-3-7(5-15)4-14-9(8)10(11,12)13/h3-6H,1-2H3. The molecule has 0 N–H and O–H groups in total. The van der Waals surface area contributed by atoms with Crippen LogP contribution in [0.25, 0.3) is 0 Å². The minimum Gasteiger partial charge on any atom is -0.489 e. The molecule has 3 nitrogen and oxygen atoms in total. The molecule has 88 valence electrons. The third-order valence-electron chi connectivity index (χ3n) is 1.64. The molecule has 0 aliphatic heterocycles. The van der Waals surface area contributed by atoms with E-state index in [9.17, 15) is 18.0 Å². The molecule has 1 aromatic heterocycles. The van der Waals surface area contributed by atoms with Crippen LogP contribution in [0, 0.1) is 0 Å². The number of hydrogen-bond donors (Lipinski definition) is 0. The van der Waals surface area contributed by atoms with E-state index in [-0.39, 0.29) is 5.56 Å². The van der Waals surface area contributed by atoms with Gasteiger partial charge in [0.2, 0.25) is 0 Å². The molecule has 1 heterocycles. The van der Waals surface area contributed by atoms with Gasteiger partial charge in [-0.15, -0.1) is 0 Å². The van der Waals surface area contributed by atoms with Gasteiger partial charge in [0.05, 0.1) is 6.10 Å². The number of halogens is 3. The molecule has 16 heavy (non-hydrogen) atoms. The molecule has 0 aromatic carbocycles. The zero-order valence-corrected chi connectivity index (χ0v) is 8.71. The van der Waals surface area contributed by atoms with Crippen LogP contribution in [0.3, 0.4) is 0 Å². The second kappa shape index (κ2) is 4.51. The third kappa shape index (κ3) is 2.95. The van der Waals surface area contributed by atoms with Crippen LogP contribution in [0.2, 0.25) is 0 Å². The van der Waals surface area contributed by atoms with E-state index in [1.807, 2.05) is 0 Å². The fourth-order valence-corrected chi connectivity index (χ4v) is 1.08. The normalized spacial score (nSPS) is 11.6. The van der Waals surface area contributed by atoms with Gasteiger partial charge in [-0.25, -0.2) is 4.98 Å². The van der Waals surface area contributed by atoms with E-state index < -0.39 is 23.7 Å². The topological polar surface area (TPSA) is 39.2 Å². The average molecular weight is 233 g/mol. The molecule has 0 bridgehead atoms. The molecule has 0 saturated heterocycles. The zero-order valence-electron chi connectivity index (χ0n) is 8.71. The first-order valence-corrected chi connectivity index (χ1v) is 4.53. The van der Waals surface area contributed by atoms with Gasteiger partial charge in [0.25, 0.3) is 0 Å². The summed E-state index contributed by atoms with van der Waals surface area (Å²) in [6, 6.07) is 1.03. The van der Waals surface area contributed by atoms with Gasteiger partial charge in [-0.05, 0) is 19.9 Å². The minimum absolute atomic E-state index is 0.0450. The highest BCUT2D eigenvalue weighted by Gasteiger charge is 2.36. The van der Waals surface area contributed by atoms with Crippen LogP contribution < -0.4 is 4.74 Å². The van der Waals surface area contributed by atoms with E-state index in [1.54, 1.807) is 13.8 Å². The number of carbonyl (C=O) groups is 1. The van der Waals surface area contributed by atoms with Gasteiger partial charge in [0.15, 0.2) is 17.7 Å². The highest BCUT2D eigenvalue weighted by atomic mass is 19.4. The smallest absolute Gasteiger partial charge is 0.437 e. The second-order valence-corrected chi connectivity index (χ2v) is 3.40. The average Bonchev–Trinajstić information content (AvgIpc) is 2.14. The van der Waals surface area contributed by atoms with Crippen molar-refractivity contribution < 1.29 is 22.7 Å². The lowest BCUT2D eigenvalue weighted by atomic mass is 10.2. The number of pyridine rings is 1. The fourth-order valence-electron chi connectivity index (χ4n) is 1.08. The van der Waals surface area contributed by atoms with Crippen molar-refractivity contribution in [3.63, 3.8) is 0 Å². The summed E-state index contributed by atoms with van der Waals surface area (Å²) in [6.07, 6.45) is -3.74. The number of aldehydes is 1. The van der Waals surface area contributed by atoms with E-state index in [0.29, 0.717) is 6.29 Å². The molecule has 0 spiro atoms. The molecule has 0 aliphatic carbocycles. The summed E-state index contributed by atoms with van der Waals surface area (Å²) >= 11 is 0. The minimum atomic E-state index is -4.59. The Morgan fingerprint density at radius 1 is 1.44 bits per heavy atom. The van der Waals surface area contributed by atoms with Gasteiger partial charge < -0.3 is 4.74 Å². The van der Waals surface area contributed by atoms with Gasteiger partial charge in [-0.1, -0.05) is 0 Å². The first-order valence-electron chi connectivity index (χ1n) is 4.53. The van der Waals surface area contributed by atoms with Crippen LogP contribution in [0.1, 0.15) is 29.9 Å². The lowest BCUT2D eigenvalue weighted by Crippen LogP contribution is -2.15. The molecule has 0 saturated carbocycles. The monoisotopic (exact) mass is 233 g/mol. The van der Waals surface area contributed by atoms with E-state index in [1.165, 1.54) is 0 Å². The predicted octanol–water partition coefficient (Wildman–Crippen LogP) is 2.70. The number of rotatable bonds is 3. The van der Waals surface area contributed by atoms with E-state index >= 15 is 0 Å². The van der Waals surface area contributed by atoms with Gasteiger partial charge in [-0.3, -0.25) is 4.79 Å². The van der Waals surface area contributed by atoms with Gasteiger partial charge in [0, 0.05) is 11.8 Å². The number of hydrogen-bond acceptors (Lipinski definition) is 3. The zero-order chi connectivity index (χ0) is 12.3. The molecule has 0 atom stereocenters. The Labute approximate surface area is 90.2 Å². The van der Waals surface area contributed by atoms with E-state index in [2.05, 4.69) is 4.98 Å². The van der Waals surface area contributed by atoms with Crippen molar-refractivity contribution in [1.29, 1.82) is 0 Å². The maximum absolute atomic E-state index is 12.5. The highest BCUT2D eigenvalue weighted by Crippen LogP contribution is 2.35. The molecule has 0 unspecified atom stereocenters. The number of ether oxygens (including phenoxy) is 1. The molecule has 1 rings (SSSR count). The maximum atomic E-state index is 12.5. The number of alkyl halides is 3. The van der Waals surface area contributed by atoms with Crippen molar-refractivity contribution in [3.8, 4) is 5.75 Å². The van der Waals surface area contributed by atoms with Gasteiger partial charge in [-0.2, -0.15) is 13.2 Å². The van der Waals surface area contributed by atoms with Crippen LogP contribution in [-0.2, 0) is 6.18 Å². The largest absolute Gasteiger partial charge is 0.489 e. The van der Waals surface area contributed by atoms with Gasteiger partial charge >= 0.3 is 6.18 Å². The first kappa shape index (κ1) is 12.5. The quantitative estimate of drug-likeness (QED) is 0.753. The van der Waals surface area contributed by atoms with Crippen molar-refractivity contribution in [2.75, 3.05) is 0 Å². The Morgan fingerprint density at radius 3 is 2.50 bits per heavy atom. The lowest BCUT2D eigenvalue weighted by molar-refractivity contribution is -0.142. The van der Waals surface area contributed by atoms with Gasteiger partial charge in [0.1, 0.15) is 0 Å². The second-order valence-electron chi connectivity index (χ2n) is 3.40. The van der Waals surface area contributed by atoms with Crippen LogP contribution in [0.15, 0.2) is 12.3 Å². The maximum Gasteiger partial charge on any atom is 0.437 e. The van der Waals surface area contributed by atoms with Crippen molar-refractivity contribution in [2.24, 2.45) is 0 Å². The molecule has 0 amide bonds. The lowest BCUT2D eigenvalue weighted by Gasteiger charge is -2.15. The Balaban J connectivity index is 3.21. The fraction of sp³-hybridized carbons (Fsp3) is 0.400. The van der Waals surface area contributed by atoms with Crippen LogP contribution >= 0.6 is 0 Å². The molecular formula is C10H10F3NO2. The molecule has 6 heteroatoms. The Hall–Kier alpha value is -1.59. The number of nitrogens with zero attached hydrogens (tertiary/aromatic N) is 1. The predicted molar refractivity (Wildman–Crippen MR) is 50.4 cm³/mol. The molecule has 1 aromatic rings. The number of carbonyl (C=O) groups excluding carboxylic acids is 1. The Kier molecular flexibility index (Phi) is 3.51. The summed E-state index contributed by atoms with van der Waals surface area (Å²) in [5.41, 5.74) is -1.07. The Morgan fingerprint density at radius 2 is 2.06 bits per heavy atom. The van der Waals surface area contributed by atoms with Crippen molar-refractivity contribution >= 4 is 6.29 Å². The molecule has 0 fully saturated rings. The van der Waals surface area contributed by atoms with Crippen LogP contribution in [0.4, 0.5) is 13.2 Å². The van der Waals surface area contributed by atoms with E-state index in [4.69, 9.17) is 4.74 Å².